The van der Waals surface area contributed by atoms with Gasteiger partial charge in [-0.2, -0.15) is 0 Å². The highest BCUT2D eigenvalue weighted by molar-refractivity contribution is 7.89. The average Bonchev–Trinajstić information content (AvgIpc) is 2.55. The zero-order valence-corrected chi connectivity index (χ0v) is 14.1. The topological polar surface area (TPSA) is 55.4 Å². The van der Waals surface area contributed by atoms with Gasteiger partial charge in [-0.05, 0) is 43.2 Å². The summed E-state index contributed by atoms with van der Waals surface area (Å²) in [5.41, 5.74) is 1.88. The molecule has 2 rings (SSSR count). The molecule has 1 atom stereocenters. The Bertz CT molecular complexity index is 750. The van der Waals surface area contributed by atoms with Gasteiger partial charge in [-0.15, -0.1) is 6.58 Å². The first-order chi connectivity index (χ1) is 11.0. The molecule has 2 aromatic carbocycles. The molecule has 0 heterocycles. The molecule has 1 N–H and O–H groups in total. The van der Waals surface area contributed by atoms with Crippen molar-refractivity contribution in [1.29, 1.82) is 0 Å². The minimum atomic E-state index is -3.59. The third-order valence-electron chi connectivity index (χ3n) is 3.55. The molecule has 0 aromatic heterocycles. The van der Waals surface area contributed by atoms with Gasteiger partial charge in [-0.25, -0.2) is 13.1 Å². The summed E-state index contributed by atoms with van der Waals surface area (Å²) >= 11 is 0. The second kappa shape index (κ2) is 7.44. The van der Waals surface area contributed by atoms with Crippen molar-refractivity contribution in [3.8, 4) is 5.75 Å². The lowest BCUT2D eigenvalue weighted by atomic mass is 10.0. The Kier molecular flexibility index (Phi) is 5.58. The number of rotatable bonds is 7. The maximum Gasteiger partial charge on any atom is 0.241 e. The number of benzene rings is 2. The molecular formula is C18H21NO3S. The van der Waals surface area contributed by atoms with Crippen LogP contribution >= 0.6 is 0 Å². The number of sulfonamides is 1. The van der Waals surface area contributed by atoms with Crippen LogP contribution in [-0.2, 0) is 10.0 Å². The fourth-order valence-corrected chi connectivity index (χ4v) is 3.47. The first-order valence-corrected chi connectivity index (χ1v) is 8.78. The number of aryl methyl sites for hydroxylation is 1. The van der Waals surface area contributed by atoms with Gasteiger partial charge in [0.1, 0.15) is 5.75 Å². The monoisotopic (exact) mass is 331 g/mol. The Morgan fingerprint density at radius 2 is 1.74 bits per heavy atom. The number of nitrogens with one attached hydrogen (secondary N) is 1. The van der Waals surface area contributed by atoms with E-state index < -0.39 is 10.0 Å². The van der Waals surface area contributed by atoms with Gasteiger partial charge in [0.05, 0.1) is 18.0 Å². The highest BCUT2D eigenvalue weighted by Crippen LogP contribution is 2.23. The van der Waals surface area contributed by atoms with E-state index in [-0.39, 0.29) is 10.9 Å². The van der Waals surface area contributed by atoms with Gasteiger partial charge in [0.25, 0.3) is 0 Å². The largest absolute Gasteiger partial charge is 0.497 e. The third-order valence-corrected chi connectivity index (χ3v) is 5.04. The van der Waals surface area contributed by atoms with Gasteiger partial charge in [0, 0.05) is 0 Å². The third kappa shape index (κ3) is 4.43. The number of hydrogen-bond acceptors (Lipinski definition) is 3. The number of methoxy groups -OCH3 is 1. The average molecular weight is 331 g/mol. The van der Waals surface area contributed by atoms with Gasteiger partial charge < -0.3 is 4.74 Å². The normalized spacial score (nSPS) is 12.6. The van der Waals surface area contributed by atoms with Crippen LogP contribution in [0.1, 0.15) is 23.6 Å². The fourth-order valence-electron chi connectivity index (χ4n) is 2.23. The van der Waals surface area contributed by atoms with Crippen LogP contribution in [0.25, 0.3) is 0 Å². The Labute approximate surface area is 137 Å². The van der Waals surface area contributed by atoms with Gasteiger partial charge in [0.15, 0.2) is 0 Å². The Hall–Kier alpha value is -2.11. The lowest BCUT2D eigenvalue weighted by molar-refractivity contribution is 0.414. The quantitative estimate of drug-likeness (QED) is 0.789. The molecule has 0 saturated carbocycles. The molecule has 2 aromatic rings. The Balaban J connectivity index is 2.27. The summed E-state index contributed by atoms with van der Waals surface area (Å²) < 4.78 is 33.0. The number of ether oxygens (including phenoxy) is 1. The standard InChI is InChI=1S/C18H21NO3S/c1-4-5-18(15-8-10-16(22-3)11-9-15)19-23(20,21)17-12-6-14(2)7-13-17/h4,6-13,18-19H,1,5H2,2-3H3. The van der Waals surface area contributed by atoms with Crippen LogP contribution in [0.15, 0.2) is 66.1 Å². The van der Waals surface area contributed by atoms with Crippen molar-refractivity contribution in [2.75, 3.05) is 7.11 Å². The van der Waals surface area contributed by atoms with E-state index in [1.54, 1.807) is 37.5 Å². The molecule has 4 nitrogen and oxygen atoms in total. The summed E-state index contributed by atoms with van der Waals surface area (Å²) in [5.74, 6) is 0.729. The summed E-state index contributed by atoms with van der Waals surface area (Å²) in [5, 5.41) is 0. The van der Waals surface area contributed by atoms with Gasteiger partial charge in [0.2, 0.25) is 10.0 Å². The molecule has 0 aliphatic heterocycles. The van der Waals surface area contributed by atoms with E-state index in [4.69, 9.17) is 4.74 Å². The van der Waals surface area contributed by atoms with Crippen LogP contribution < -0.4 is 9.46 Å². The minimum Gasteiger partial charge on any atom is -0.497 e. The smallest absolute Gasteiger partial charge is 0.241 e. The fraction of sp³-hybridized carbons (Fsp3) is 0.222. The zero-order chi connectivity index (χ0) is 16.9. The van der Waals surface area contributed by atoms with Crippen molar-refractivity contribution < 1.29 is 13.2 Å². The first-order valence-electron chi connectivity index (χ1n) is 7.30. The summed E-state index contributed by atoms with van der Waals surface area (Å²) in [6.07, 6.45) is 2.20. The molecule has 0 radical (unpaired) electrons. The van der Waals surface area contributed by atoms with E-state index in [0.29, 0.717) is 6.42 Å². The molecule has 0 amide bonds. The van der Waals surface area contributed by atoms with Gasteiger partial charge >= 0.3 is 0 Å². The van der Waals surface area contributed by atoms with Crippen LogP contribution in [0.2, 0.25) is 0 Å². The van der Waals surface area contributed by atoms with Crippen molar-refractivity contribution in [2.24, 2.45) is 0 Å². The van der Waals surface area contributed by atoms with Crippen molar-refractivity contribution in [2.45, 2.75) is 24.3 Å². The van der Waals surface area contributed by atoms with Gasteiger partial charge in [-0.1, -0.05) is 35.9 Å². The molecule has 23 heavy (non-hydrogen) atoms. The lowest BCUT2D eigenvalue weighted by Gasteiger charge is -2.18. The molecule has 0 saturated heterocycles. The molecule has 0 spiro atoms. The van der Waals surface area contributed by atoms with Crippen LogP contribution in [-0.4, -0.2) is 15.5 Å². The predicted octanol–water partition coefficient (Wildman–Crippen LogP) is 3.60. The van der Waals surface area contributed by atoms with Crippen molar-refractivity contribution >= 4 is 10.0 Å². The predicted molar refractivity (Wildman–Crippen MR) is 92.0 cm³/mol. The van der Waals surface area contributed by atoms with Crippen molar-refractivity contribution in [3.63, 3.8) is 0 Å². The maximum atomic E-state index is 12.6. The van der Waals surface area contributed by atoms with E-state index >= 15 is 0 Å². The molecule has 0 bridgehead atoms. The van der Waals surface area contributed by atoms with Crippen LogP contribution in [0.5, 0.6) is 5.75 Å². The molecule has 1 unspecified atom stereocenters. The molecule has 0 aliphatic rings. The minimum absolute atomic E-state index is 0.255. The second-order valence-electron chi connectivity index (χ2n) is 5.28. The summed E-state index contributed by atoms with van der Waals surface area (Å²) in [6.45, 7) is 5.63. The SMILES string of the molecule is C=CCC(NS(=O)(=O)c1ccc(C)cc1)c1ccc(OC)cc1. The summed E-state index contributed by atoms with van der Waals surface area (Å²) in [4.78, 5) is 0.255. The van der Waals surface area contributed by atoms with E-state index in [1.807, 2.05) is 31.2 Å². The highest BCUT2D eigenvalue weighted by Gasteiger charge is 2.20. The second-order valence-corrected chi connectivity index (χ2v) is 7.00. The van der Waals surface area contributed by atoms with E-state index in [1.165, 1.54) is 0 Å². The molecule has 122 valence electrons. The molecular weight excluding hydrogens is 310 g/mol. The Morgan fingerprint density at radius 3 is 2.26 bits per heavy atom. The Morgan fingerprint density at radius 1 is 1.13 bits per heavy atom. The first kappa shape index (κ1) is 17.2. The summed E-state index contributed by atoms with van der Waals surface area (Å²) in [6, 6.07) is 13.7. The molecule has 0 fully saturated rings. The molecule has 0 aliphatic carbocycles. The van der Waals surface area contributed by atoms with E-state index in [2.05, 4.69) is 11.3 Å². The van der Waals surface area contributed by atoms with E-state index in [0.717, 1.165) is 16.9 Å². The molecule has 5 heteroatoms. The highest BCUT2D eigenvalue weighted by atomic mass is 32.2. The van der Waals surface area contributed by atoms with Crippen LogP contribution in [0, 0.1) is 6.92 Å². The maximum absolute atomic E-state index is 12.6. The summed E-state index contributed by atoms with van der Waals surface area (Å²) in [7, 11) is -2.00. The van der Waals surface area contributed by atoms with Crippen molar-refractivity contribution in [3.05, 3.63) is 72.3 Å². The van der Waals surface area contributed by atoms with Crippen LogP contribution in [0.3, 0.4) is 0 Å². The van der Waals surface area contributed by atoms with E-state index in [9.17, 15) is 8.42 Å². The lowest BCUT2D eigenvalue weighted by Crippen LogP contribution is -2.28. The van der Waals surface area contributed by atoms with Gasteiger partial charge in [-0.3, -0.25) is 0 Å². The number of hydrogen-bond donors (Lipinski definition) is 1. The van der Waals surface area contributed by atoms with Crippen LogP contribution in [0.4, 0.5) is 0 Å². The van der Waals surface area contributed by atoms with Crippen molar-refractivity contribution in [1.82, 2.24) is 4.72 Å². The zero-order valence-electron chi connectivity index (χ0n) is 13.3.